The molecule has 0 aromatic carbocycles. The van der Waals surface area contributed by atoms with Gasteiger partial charge >= 0.3 is 0 Å². The molecule has 1 unspecified atom stereocenters. The minimum Gasteiger partial charge on any atom is -0.351 e. The van der Waals surface area contributed by atoms with Crippen molar-refractivity contribution in [3.05, 3.63) is 24.2 Å². The molecule has 2 saturated carbocycles. The topological polar surface area (TPSA) is 102 Å². The Hall–Kier alpha value is -2.77. The highest BCUT2D eigenvalue weighted by molar-refractivity contribution is 5.99. The predicted molar refractivity (Wildman–Crippen MR) is 121 cm³/mol. The van der Waals surface area contributed by atoms with Crippen molar-refractivity contribution in [1.82, 2.24) is 25.1 Å². The van der Waals surface area contributed by atoms with Gasteiger partial charge in [0.25, 0.3) is 0 Å². The number of carbonyl (C=O) groups excluding carboxylic acids is 2. The highest BCUT2D eigenvalue weighted by atomic mass is 16.2. The molecule has 2 amide bonds. The third-order valence-corrected chi connectivity index (χ3v) is 7.84. The molecule has 1 aliphatic heterocycles. The minimum atomic E-state index is -0.430. The second kappa shape index (κ2) is 8.30. The molecule has 2 aromatic rings. The molecule has 1 saturated heterocycles. The van der Waals surface area contributed by atoms with E-state index in [1.165, 1.54) is 18.5 Å². The zero-order chi connectivity index (χ0) is 22.3. The summed E-state index contributed by atoms with van der Waals surface area (Å²) >= 11 is 0. The number of hydrogen-bond donors (Lipinski definition) is 2. The van der Waals surface area contributed by atoms with E-state index in [-0.39, 0.29) is 23.8 Å². The minimum absolute atomic E-state index is 0.0797. The third kappa shape index (κ3) is 4.02. The fourth-order valence-corrected chi connectivity index (χ4v) is 5.43. The van der Waals surface area contributed by atoms with Crippen LogP contribution in [0, 0.1) is 17.3 Å². The summed E-state index contributed by atoms with van der Waals surface area (Å²) in [5, 5.41) is 10.6. The van der Waals surface area contributed by atoms with Crippen LogP contribution in [-0.2, 0) is 23.1 Å². The Morgan fingerprint density at radius 1 is 1.19 bits per heavy atom. The van der Waals surface area contributed by atoms with Gasteiger partial charge < -0.3 is 5.32 Å². The van der Waals surface area contributed by atoms with E-state index in [1.54, 1.807) is 6.20 Å². The summed E-state index contributed by atoms with van der Waals surface area (Å²) in [5.74, 6) is 1.39. The van der Waals surface area contributed by atoms with Crippen LogP contribution in [0.15, 0.2) is 18.5 Å². The van der Waals surface area contributed by atoms with Crippen molar-refractivity contribution in [2.24, 2.45) is 24.3 Å². The lowest BCUT2D eigenvalue weighted by atomic mass is 9.64. The predicted octanol–water partition coefficient (Wildman–Crippen LogP) is 3.24. The fraction of sp³-hybridized carbons (Fsp3) is 0.625. The maximum Gasteiger partial charge on any atom is 0.233 e. The van der Waals surface area contributed by atoms with Crippen LogP contribution >= 0.6 is 0 Å². The summed E-state index contributed by atoms with van der Waals surface area (Å²) in [4.78, 5) is 33.9. The van der Waals surface area contributed by atoms with E-state index < -0.39 is 5.41 Å². The van der Waals surface area contributed by atoms with E-state index in [0.717, 1.165) is 55.7 Å². The Balaban J connectivity index is 1.27. The molecule has 1 spiro atoms. The summed E-state index contributed by atoms with van der Waals surface area (Å²) in [5.41, 5.74) is 2.79. The summed E-state index contributed by atoms with van der Waals surface area (Å²) in [6.07, 6.45) is 11.8. The molecule has 8 nitrogen and oxygen atoms in total. The maximum atomic E-state index is 12.8. The highest BCUT2D eigenvalue weighted by Crippen LogP contribution is 2.46. The van der Waals surface area contributed by atoms with Crippen molar-refractivity contribution in [2.75, 3.05) is 5.32 Å². The van der Waals surface area contributed by atoms with Gasteiger partial charge in [0.2, 0.25) is 17.8 Å². The smallest absolute Gasteiger partial charge is 0.233 e. The number of nitrogens with zero attached hydrogens (tertiary/aromatic N) is 4. The second-order valence-electron chi connectivity index (χ2n) is 9.93. The lowest BCUT2D eigenvalue weighted by Gasteiger charge is -2.41. The number of anilines is 1. The standard InChI is InChI=1S/C24H32N6O2/c1-15-3-6-21(31)29-22(32)24(15)10-7-17(8-11-24)27-23-25-12-9-19(28-23)18-14-26-30(2)20(18)13-16-4-5-16/h9,12,14-17H,3-8,10-11,13H2,1-2H3,(H,25,27,28)(H,29,31,32). The molecule has 3 fully saturated rings. The molecular weight excluding hydrogens is 404 g/mol. The first-order valence-corrected chi connectivity index (χ1v) is 11.9. The molecule has 2 aromatic heterocycles. The number of aromatic nitrogens is 4. The Labute approximate surface area is 188 Å². The number of rotatable bonds is 5. The van der Waals surface area contributed by atoms with Crippen molar-refractivity contribution in [3.8, 4) is 11.3 Å². The van der Waals surface area contributed by atoms with Crippen LogP contribution in [0.1, 0.15) is 64.0 Å². The van der Waals surface area contributed by atoms with Gasteiger partial charge in [-0.05, 0) is 69.3 Å². The van der Waals surface area contributed by atoms with Gasteiger partial charge in [-0.1, -0.05) is 6.92 Å². The Kier molecular flexibility index (Phi) is 5.47. The Morgan fingerprint density at radius 3 is 2.72 bits per heavy atom. The molecule has 32 heavy (non-hydrogen) atoms. The first kappa shape index (κ1) is 21.1. The molecule has 5 rings (SSSR count). The summed E-state index contributed by atoms with van der Waals surface area (Å²) < 4.78 is 1.97. The van der Waals surface area contributed by atoms with Crippen molar-refractivity contribution < 1.29 is 9.59 Å². The number of amides is 2. The molecule has 8 heteroatoms. The molecular formula is C24H32N6O2. The summed E-state index contributed by atoms with van der Waals surface area (Å²) in [6.45, 7) is 2.12. The van der Waals surface area contributed by atoms with Crippen LogP contribution in [0.25, 0.3) is 11.3 Å². The van der Waals surface area contributed by atoms with E-state index in [1.807, 2.05) is 24.0 Å². The van der Waals surface area contributed by atoms with Gasteiger partial charge in [-0.25, -0.2) is 9.97 Å². The van der Waals surface area contributed by atoms with Crippen LogP contribution in [0.2, 0.25) is 0 Å². The normalized spacial score (nSPS) is 28.4. The van der Waals surface area contributed by atoms with Gasteiger partial charge in [0.1, 0.15) is 0 Å². The van der Waals surface area contributed by atoms with Crippen molar-refractivity contribution in [2.45, 2.75) is 70.8 Å². The van der Waals surface area contributed by atoms with Gasteiger partial charge in [-0.3, -0.25) is 19.6 Å². The van der Waals surface area contributed by atoms with E-state index in [2.05, 4.69) is 27.6 Å². The average molecular weight is 437 g/mol. The van der Waals surface area contributed by atoms with E-state index >= 15 is 0 Å². The molecule has 3 aliphatic rings. The van der Waals surface area contributed by atoms with E-state index in [9.17, 15) is 9.59 Å². The number of carbonyl (C=O) groups is 2. The summed E-state index contributed by atoms with van der Waals surface area (Å²) in [7, 11) is 2.00. The Morgan fingerprint density at radius 2 is 1.97 bits per heavy atom. The van der Waals surface area contributed by atoms with Gasteiger partial charge in [0.05, 0.1) is 17.3 Å². The second-order valence-corrected chi connectivity index (χ2v) is 9.93. The fourth-order valence-electron chi connectivity index (χ4n) is 5.43. The van der Waals surface area contributed by atoms with Gasteiger partial charge in [-0.15, -0.1) is 0 Å². The number of nitrogens with one attached hydrogen (secondary N) is 2. The van der Waals surface area contributed by atoms with Crippen LogP contribution < -0.4 is 10.6 Å². The molecule has 1 atom stereocenters. The maximum absolute atomic E-state index is 12.8. The van der Waals surface area contributed by atoms with Crippen molar-refractivity contribution in [1.29, 1.82) is 0 Å². The average Bonchev–Trinajstić information content (AvgIpc) is 3.55. The first-order valence-electron chi connectivity index (χ1n) is 11.9. The SMILES string of the molecule is CC1CCC(=O)NC(=O)C12CCC(Nc1nccc(-c3cnn(C)c3CC3CC3)n1)CC2. The number of hydrogen-bond acceptors (Lipinski definition) is 6. The first-order chi connectivity index (χ1) is 15.4. The molecule has 0 radical (unpaired) electrons. The van der Waals surface area contributed by atoms with Crippen LogP contribution in [0.4, 0.5) is 5.95 Å². The molecule has 170 valence electrons. The largest absolute Gasteiger partial charge is 0.351 e. The zero-order valence-electron chi connectivity index (χ0n) is 18.9. The lowest BCUT2D eigenvalue weighted by molar-refractivity contribution is -0.138. The monoisotopic (exact) mass is 436 g/mol. The van der Waals surface area contributed by atoms with Crippen molar-refractivity contribution in [3.63, 3.8) is 0 Å². The summed E-state index contributed by atoms with van der Waals surface area (Å²) in [6, 6.07) is 2.16. The Bertz CT molecular complexity index is 1020. The number of imide groups is 1. The third-order valence-electron chi connectivity index (χ3n) is 7.84. The van der Waals surface area contributed by atoms with Crippen LogP contribution in [-0.4, -0.2) is 37.6 Å². The van der Waals surface area contributed by atoms with Crippen LogP contribution in [0.3, 0.4) is 0 Å². The quantitative estimate of drug-likeness (QED) is 0.698. The van der Waals surface area contributed by atoms with E-state index in [0.29, 0.717) is 12.4 Å². The van der Waals surface area contributed by atoms with Gasteiger partial charge in [0.15, 0.2) is 0 Å². The van der Waals surface area contributed by atoms with Crippen LogP contribution in [0.5, 0.6) is 0 Å². The molecule has 0 bridgehead atoms. The highest BCUT2D eigenvalue weighted by Gasteiger charge is 2.47. The molecule has 3 heterocycles. The van der Waals surface area contributed by atoms with Gasteiger partial charge in [0, 0.05) is 37.0 Å². The number of aryl methyl sites for hydroxylation is 1. The molecule has 2 aliphatic carbocycles. The lowest BCUT2D eigenvalue weighted by Crippen LogP contribution is -2.48. The van der Waals surface area contributed by atoms with Crippen molar-refractivity contribution >= 4 is 17.8 Å². The van der Waals surface area contributed by atoms with E-state index in [4.69, 9.17) is 4.98 Å². The molecule has 2 N–H and O–H groups in total. The zero-order valence-corrected chi connectivity index (χ0v) is 18.9. The van der Waals surface area contributed by atoms with Gasteiger partial charge in [-0.2, -0.15) is 5.10 Å².